The number of anilines is 1. The predicted octanol–water partition coefficient (Wildman–Crippen LogP) is 4.68. The molecule has 1 amide bonds. The quantitative estimate of drug-likeness (QED) is 0.585. The summed E-state index contributed by atoms with van der Waals surface area (Å²) >= 11 is 0. The molecular formula is C25H28N2O3S. The molecular weight excluding hydrogens is 408 g/mol. The highest BCUT2D eigenvalue weighted by Crippen LogP contribution is 2.27. The van der Waals surface area contributed by atoms with Gasteiger partial charge in [0.1, 0.15) is 6.54 Å². The average Bonchev–Trinajstić information content (AvgIpc) is 2.73. The second-order valence-electron chi connectivity index (χ2n) is 7.81. The van der Waals surface area contributed by atoms with Crippen LogP contribution in [0.3, 0.4) is 0 Å². The average molecular weight is 437 g/mol. The van der Waals surface area contributed by atoms with Crippen molar-refractivity contribution in [3.63, 3.8) is 0 Å². The van der Waals surface area contributed by atoms with Gasteiger partial charge in [0.25, 0.3) is 10.0 Å². The second kappa shape index (κ2) is 9.35. The zero-order valence-electron chi connectivity index (χ0n) is 18.3. The lowest BCUT2D eigenvalue weighted by Gasteiger charge is -2.26. The summed E-state index contributed by atoms with van der Waals surface area (Å²) in [7, 11) is -3.92. The summed E-state index contributed by atoms with van der Waals surface area (Å²) in [5, 5.41) is 2.93. The van der Waals surface area contributed by atoms with Gasteiger partial charge in [-0.2, -0.15) is 0 Å². The van der Waals surface area contributed by atoms with Crippen molar-refractivity contribution in [2.45, 2.75) is 38.6 Å². The number of hydrogen-bond donors (Lipinski definition) is 1. The number of hydrogen-bond acceptors (Lipinski definition) is 3. The lowest BCUT2D eigenvalue weighted by molar-refractivity contribution is -0.120. The fourth-order valence-electron chi connectivity index (χ4n) is 3.46. The zero-order valence-corrected chi connectivity index (χ0v) is 19.1. The summed E-state index contributed by atoms with van der Waals surface area (Å²) in [6.07, 6.45) is 0. The highest BCUT2D eigenvalue weighted by atomic mass is 32.2. The van der Waals surface area contributed by atoms with Crippen molar-refractivity contribution in [2.24, 2.45) is 0 Å². The molecule has 1 N–H and O–H groups in total. The molecule has 0 aromatic heterocycles. The monoisotopic (exact) mass is 436 g/mol. The maximum Gasteiger partial charge on any atom is 0.264 e. The van der Waals surface area contributed by atoms with E-state index in [9.17, 15) is 13.2 Å². The van der Waals surface area contributed by atoms with Gasteiger partial charge in [0.15, 0.2) is 0 Å². The molecule has 0 heterocycles. The highest BCUT2D eigenvalue weighted by molar-refractivity contribution is 7.92. The van der Waals surface area contributed by atoms with E-state index in [1.165, 1.54) is 4.31 Å². The van der Waals surface area contributed by atoms with Gasteiger partial charge >= 0.3 is 0 Å². The summed E-state index contributed by atoms with van der Waals surface area (Å²) in [5.41, 5.74) is 4.41. The number of nitrogens with zero attached hydrogens (tertiary/aromatic N) is 1. The zero-order chi connectivity index (χ0) is 22.6. The van der Waals surface area contributed by atoms with E-state index in [1.54, 1.807) is 36.4 Å². The van der Waals surface area contributed by atoms with Crippen LogP contribution in [0.25, 0.3) is 0 Å². The third-order valence-electron chi connectivity index (χ3n) is 5.19. The van der Waals surface area contributed by atoms with Crippen molar-refractivity contribution in [1.29, 1.82) is 0 Å². The first-order chi connectivity index (χ1) is 14.7. The Morgan fingerprint density at radius 2 is 1.52 bits per heavy atom. The van der Waals surface area contributed by atoms with Crippen molar-refractivity contribution in [2.75, 3.05) is 10.8 Å². The molecule has 0 saturated heterocycles. The number of nitrogens with one attached hydrogen (secondary N) is 1. The van der Waals surface area contributed by atoms with Gasteiger partial charge < -0.3 is 5.32 Å². The van der Waals surface area contributed by atoms with Gasteiger partial charge in [0, 0.05) is 0 Å². The van der Waals surface area contributed by atoms with Crippen molar-refractivity contribution < 1.29 is 13.2 Å². The molecule has 3 aromatic rings. The molecule has 0 bridgehead atoms. The molecule has 31 heavy (non-hydrogen) atoms. The van der Waals surface area contributed by atoms with Crippen molar-refractivity contribution in [3.8, 4) is 0 Å². The molecule has 3 aromatic carbocycles. The number of sulfonamides is 1. The first-order valence-electron chi connectivity index (χ1n) is 10.2. The Hall–Kier alpha value is -3.12. The predicted molar refractivity (Wildman–Crippen MR) is 125 cm³/mol. The van der Waals surface area contributed by atoms with Crippen LogP contribution in [-0.2, 0) is 14.8 Å². The Morgan fingerprint density at radius 1 is 0.903 bits per heavy atom. The number of aryl methyl sites for hydroxylation is 3. The van der Waals surface area contributed by atoms with Crippen LogP contribution >= 0.6 is 0 Å². The topological polar surface area (TPSA) is 66.5 Å². The molecule has 0 spiro atoms. The number of carbonyl (C=O) groups is 1. The van der Waals surface area contributed by atoms with E-state index in [-0.39, 0.29) is 23.4 Å². The highest BCUT2D eigenvalue weighted by Gasteiger charge is 2.28. The van der Waals surface area contributed by atoms with E-state index in [4.69, 9.17) is 0 Å². The Labute approximate surface area is 184 Å². The van der Waals surface area contributed by atoms with Gasteiger partial charge in [-0.1, -0.05) is 65.7 Å². The van der Waals surface area contributed by atoms with Gasteiger partial charge in [0.05, 0.1) is 16.6 Å². The Bertz CT molecular complexity index is 1160. The van der Waals surface area contributed by atoms with E-state index in [2.05, 4.69) is 5.32 Å². The lowest BCUT2D eigenvalue weighted by Crippen LogP contribution is -2.41. The van der Waals surface area contributed by atoms with Crippen LogP contribution in [0, 0.1) is 20.8 Å². The largest absolute Gasteiger partial charge is 0.348 e. The summed E-state index contributed by atoms with van der Waals surface area (Å²) in [4.78, 5) is 13.1. The van der Waals surface area contributed by atoms with Gasteiger partial charge in [-0.15, -0.1) is 0 Å². The number of amides is 1. The minimum Gasteiger partial charge on any atom is -0.348 e. The van der Waals surface area contributed by atoms with Crippen LogP contribution in [0.4, 0.5) is 5.69 Å². The fourth-order valence-corrected chi connectivity index (χ4v) is 4.97. The van der Waals surface area contributed by atoms with Crippen LogP contribution in [-0.4, -0.2) is 20.9 Å². The van der Waals surface area contributed by atoms with Gasteiger partial charge in [-0.3, -0.25) is 9.10 Å². The normalized spacial score (nSPS) is 12.3. The lowest BCUT2D eigenvalue weighted by atomic mass is 10.1. The van der Waals surface area contributed by atoms with Crippen molar-refractivity contribution in [3.05, 3.63) is 95.1 Å². The minimum atomic E-state index is -3.92. The molecule has 6 heteroatoms. The van der Waals surface area contributed by atoms with E-state index in [1.807, 2.05) is 64.1 Å². The molecule has 5 nitrogen and oxygen atoms in total. The number of benzene rings is 3. The maximum atomic E-state index is 13.4. The van der Waals surface area contributed by atoms with Crippen LogP contribution in [0.15, 0.2) is 77.7 Å². The molecule has 0 aliphatic heterocycles. The third kappa shape index (κ3) is 5.33. The third-order valence-corrected chi connectivity index (χ3v) is 6.97. The maximum absolute atomic E-state index is 13.4. The summed E-state index contributed by atoms with van der Waals surface area (Å²) in [5.74, 6) is -0.368. The summed E-state index contributed by atoms with van der Waals surface area (Å²) < 4.78 is 28.1. The molecule has 0 aliphatic carbocycles. The van der Waals surface area contributed by atoms with Crippen LogP contribution in [0.1, 0.15) is 35.2 Å². The molecule has 0 fully saturated rings. The Kier molecular flexibility index (Phi) is 6.81. The molecule has 1 atom stereocenters. The van der Waals surface area contributed by atoms with Gasteiger partial charge in [0.2, 0.25) is 5.91 Å². The molecule has 162 valence electrons. The van der Waals surface area contributed by atoms with E-state index in [0.717, 1.165) is 22.3 Å². The van der Waals surface area contributed by atoms with Crippen LogP contribution in [0.5, 0.6) is 0 Å². The standard InChI is InChI=1S/C25H28N2O3S/c1-18-10-13-22(14-11-18)21(4)26-25(28)17-27(24-15-12-19(2)16-20(24)3)31(29,30)23-8-6-5-7-9-23/h5-16,21H,17H2,1-4H3,(H,26,28)/t21-/m0/s1. The molecule has 3 rings (SSSR count). The first kappa shape index (κ1) is 22.6. The molecule has 0 unspecified atom stereocenters. The van der Waals surface area contributed by atoms with Crippen LogP contribution in [0.2, 0.25) is 0 Å². The smallest absolute Gasteiger partial charge is 0.264 e. The van der Waals surface area contributed by atoms with E-state index >= 15 is 0 Å². The summed E-state index contributed by atoms with van der Waals surface area (Å²) in [6.45, 7) is 7.38. The molecule has 0 aliphatic rings. The van der Waals surface area contributed by atoms with E-state index in [0.29, 0.717) is 5.69 Å². The van der Waals surface area contributed by atoms with Crippen molar-refractivity contribution >= 4 is 21.6 Å². The van der Waals surface area contributed by atoms with E-state index < -0.39 is 10.0 Å². The fraction of sp³-hybridized carbons (Fsp3) is 0.240. The summed E-state index contributed by atoms with van der Waals surface area (Å²) in [6, 6.07) is 21.4. The molecule has 0 radical (unpaired) electrons. The van der Waals surface area contributed by atoms with Gasteiger partial charge in [-0.25, -0.2) is 8.42 Å². The number of carbonyl (C=O) groups excluding carboxylic acids is 1. The van der Waals surface area contributed by atoms with Gasteiger partial charge in [-0.05, 0) is 57.0 Å². The van der Waals surface area contributed by atoms with Crippen molar-refractivity contribution in [1.82, 2.24) is 5.32 Å². The number of rotatable bonds is 7. The molecule has 0 saturated carbocycles. The first-order valence-corrected chi connectivity index (χ1v) is 11.6. The second-order valence-corrected chi connectivity index (χ2v) is 9.68. The SMILES string of the molecule is Cc1ccc([C@H](C)NC(=O)CN(c2ccc(C)cc2C)S(=O)(=O)c2ccccc2)cc1. The Balaban J connectivity index is 1.91. The minimum absolute atomic E-state index is 0.148. The van der Waals surface area contributed by atoms with Crippen LogP contribution < -0.4 is 9.62 Å². The Morgan fingerprint density at radius 3 is 2.13 bits per heavy atom.